The smallest absolute Gasteiger partial charge is 0.131 e. The molecule has 0 aliphatic heterocycles. The van der Waals surface area contributed by atoms with Crippen LogP contribution in [0.5, 0.6) is 0 Å². The number of Topliss-reactive ketones (excluding diaryl/α,β-unsaturated/α-hetero) is 1. The number of ketones is 1. The maximum absolute atomic E-state index is 10.9. The predicted octanol–water partition coefficient (Wildman–Crippen LogP) is 3.46. The molecule has 0 bridgehead atoms. The summed E-state index contributed by atoms with van der Waals surface area (Å²) in [7, 11) is 0. The van der Waals surface area contributed by atoms with Crippen molar-refractivity contribution in [2.24, 2.45) is 0 Å². The molecule has 0 saturated carbocycles. The van der Waals surface area contributed by atoms with Crippen molar-refractivity contribution in [2.75, 3.05) is 13.1 Å². The first kappa shape index (κ1) is 15.9. The fourth-order valence-corrected chi connectivity index (χ4v) is 3.00. The second-order valence-corrected chi connectivity index (χ2v) is 6.29. The quantitative estimate of drug-likeness (QED) is 0.795. The molecule has 2 heteroatoms. The van der Waals surface area contributed by atoms with Gasteiger partial charge in [0.2, 0.25) is 0 Å². The first-order valence-corrected chi connectivity index (χ1v) is 7.02. The molecule has 0 spiro atoms. The van der Waals surface area contributed by atoms with Gasteiger partial charge in [0.05, 0.1) is 0 Å². The number of aryl methyl sites for hydroxylation is 3. The molecule has 0 fully saturated rings. The number of nitrogens with one attached hydrogen (secondary N) is 1. The van der Waals surface area contributed by atoms with Crippen molar-refractivity contribution in [3.05, 3.63) is 34.4 Å². The van der Waals surface area contributed by atoms with Crippen molar-refractivity contribution in [2.45, 2.75) is 53.4 Å². The van der Waals surface area contributed by atoms with Gasteiger partial charge >= 0.3 is 0 Å². The summed E-state index contributed by atoms with van der Waals surface area (Å²) in [5.74, 6) is 0.244. The number of benzene rings is 1. The molecule has 1 aromatic rings. The third kappa shape index (κ3) is 4.46. The summed E-state index contributed by atoms with van der Waals surface area (Å²) in [4.78, 5) is 10.9. The molecule has 0 aliphatic rings. The van der Waals surface area contributed by atoms with Crippen LogP contribution in [-0.4, -0.2) is 18.9 Å². The highest BCUT2D eigenvalue weighted by Gasteiger charge is 2.24. The predicted molar refractivity (Wildman–Crippen MR) is 81.8 cm³/mol. The molecule has 0 saturated heterocycles. The Morgan fingerprint density at radius 3 is 2.16 bits per heavy atom. The molecule has 106 valence electrons. The monoisotopic (exact) mass is 261 g/mol. The minimum atomic E-state index is 0.0820. The molecule has 19 heavy (non-hydrogen) atoms. The van der Waals surface area contributed by atoms with Gasteiger partial charge < -0.3 is 5.32 Å². The number of carbonyl (C=O) groups excluding carboxylic acids is 1. The Morgan fingerprint density at radius 2 is 1.68 bits per heavy atom. The first-order chi connectivity index (χ1) is 8.74. The van der Waals surface area contributed by atoms with Gasteiger partial charge in [-0.2, -0.15) is 0 Å². The highest BCUT2D eigenvalue weighted by molar-refractivity contribution is 5.75. The van der Waals surface area contributed by atoms with E-state index in [1.54, 1.807) is 6.92 Å². The number of hydrogen-bond donors (Lipinski definition) is 1. The largest absolute Gasteiger partial charge is 0.315 e. The van der Waals surface area contributed by atoms with Crippen molar-refractivity contribution in [1.29, 1.82) is 0 Å². The molecular weight excluding hydrogens is 234 g/mol. The third-order valence-corrected chi connectivity index (χ3v) is 3.57. The van der Waals surface area contributed by atoms with Crippen LogP contribution in [-0.2, 0) is 10.2 Å². The van der Waals surface area contributed by atoms with Crippen LogP contribution < -0.4 is 5.32 Å². The third-order valence-electron chi connectivity index (χ3n) is 3.57. The molecule has 1 N–H and O–H groups in total. The van der Waals surface area contributed by atoms with Crippen LogP contribution in [0.25, 0.3) is 0 Å². The van der Waals surface area contributed by atoms with E-state index in [0.717, 1.165) is 13.1 Å². The van der Waals surface area contributed by atoms with Gasteiger partial charge in [-0.15, -0.1) is 0 Å². The standard InChI is InChI=1S/C17H27NO/c1-12-9-13(2)16(14(3)10-12)17(5,6)11-18-8-7-15(4)19/h9-10,18H,7-8,11H2,1-6H3. The zero-order chi connectivity index (χ0) is 14.6. The van der Waals surface area contributed by atoms with E-state index in [9.17, 15) is 4.79 Å². The van der Waals surface area contributed by atoms with Crippen LogP contribution >= 0.6 is 0 Å². The highest BCUT2D eigenvalue weighted by atomic mass is 16.1. The molecule has 1 aromatic carbocycles. The molecular formula is C17H27NO. The van der Waals surface area contributed by atoms with Crippen LogP contribution in [0.2, 0.25) is 0 Å². The molecule has 0 aliphatic carbocycles. The second-order valence-electron chi connectivity index (χ2n) is 6.29. The van der Waals surface area contributed by atoms with E-state index < -0.39 is 0 Å². The summed E-state index contributed by atoms with van der Waals surface area (Å²) >= 11 is 0. The van der Waals surface area contributed by atoms with E-state index >= 15 is 0 Å². The van der Waals surface area contributed by atoms with Gasteiger partial charge in [-0.05, 0) is 44.4 Å². The molecule has 0 atom stereocenters. The van der Waals surface area contributed by atoms with Crippen molar-refractivity contribution >= 4 is 5.78 Å². The van der Waals surface area contributed by atoms with Gasteiger partial charge in [-0.25, -0.2) is 0 Å². The molecule has 0 heterocycles. The Hall–Kier alpha value is -1.15. The lowest BCUT2D eigenvalue weighted by Crippen LogP contribution is -2.35. The Bertz CT molecular complexity index is 437. The van der Waals surface area contributed by atoms with Crippen LogP contribution in [0.3, 0.4) is 0 Å². The van der Waals surface area contributed by atoms with Crippen molar-refractivity contribution in [3.63, 3.8) is 0 Å². The fourth-order valence-electron chi connectivity index (χ4n) is 3.00. The lowest BCUT2D eigenvalue weighted by Gasteiger charge is -2.30. The Balaban J connectivity index is 2.79. The normalized spacial score (nSPS) is 11.7. The van der Waals surface area contributed by atoms with E-state index in [-0.39, 0.29) is 11.2 Å². The maximum atomic E-state index is 10.9. The maximum Gasteiger partial charge on any atom is 0.131 e. The summed E-state index contributed by atoms with van der Waals surface area (Å²) in [6.07, 6.45) is 0.613. The molecule has 1 rings (SSSR count). The number of carbonyl (C=O) groups is 1. The zero-order valence-corrected chi connectivity index (χ0v) is 13.2. The molecule has 0 radical (unpaired) electrons. The molecule has 0 amide bonds. The molecule has 0 aromatic heterocycles. The van der Waals surface area contributed by atoms with Gasteiger partial charge in [0.1, 0.15) is 5.78 Å². The summed E-state index contributed by atoms with van der Waals surface area (Å²) in [6.45, 7) is 14.3. The van der Waals surface area contributed by atoms with E-state index in [2.05, 4.69) is 52.1 Å². The second kappa shape index (κ2) is 6.33. The number of rotatable bonds is 6. The molecule has 2 nitrogen and oxygen atoms in total. The van der Waals surface area contributed by atoms with Crippen molar-refractivity contribution < 1.29 is 4.79 Å². The summed E-state index contributed by atoms with van der Waals surface area (Å²) in [6, 6.07) is 4.50. The van der Waals surface area contributed by atoms with E-state index in [1.165, 1.54) is 22.3 Å². The van der Waals surface area contributed by atoms with Gasteiger partial charge in [-0.3, -0.25) is 4.79 Å². The van der Waals surface area contributed by atoms with Gasteiger partial charge in [0, 0.05) is 24.9 Å². The lowest BCUT2D eigenvalue weighted by molar-refractivity contribution is -0.116. The fraction of sp³-hybridized carbons (Fsp3) is 0.588. The average molecular weight is 261 g/mol. The topological polar surface area (TPSA) is 29.1 Å². The van der Waals surface area contributed by atoms with Gasteiger partial charge in [-0.1, -0.05) is 31.5 Å². The van der Waals surface area contributed by atoms with Gasteiger partial charge in [0.25, 0.3) is 0 Å². The summed E-state index contributed by atoms with van der Waals surface area (Å²) in [5, 5.41) is 3.40. The van der Waals surface area contributed by atoms with Crippen LogP contribution in [0, 0.1) is 20.8 Å². The first-order valence-electron chi connectivity index (χ1n) is 7.02. The van der Waals surface area contributed by atoms with E-state index in [4.69, 9.17) is 0 Å². The number of hydrogen-bond acceptors (Lipinski definition) is 2. The van der Waals surface area contributed by atoms with Crippen LogP contribution in [0.15, 0.2) is 12.1 Å². The zero-order valence-electron chi connectivity index (χ0n) is 13.2. The van der Waals surface area contributed by atoms with Crippen LogP contribution in [0.1, 0.15) is 49.4 Å². The van der Waals surface area contributed by atoms with Gasteiger partial charge in [0.15, 0.2) is 0 Å². The van der Waals surface area contributed by atoms with Crippen molar-refractivity contribution in [3.8, 4) is 0 Å². The van der Waals surface area contributed by atoms with E-state index in [1.807, 2.05) is 0 Å². The van der Waals surface area contributed by atoms with Crippen LogP contribution in [0.4, 0.5) is 0 Å². The van der Waals surface area contributed by atoms with Crippen molar-refractivity contribution in [1.82, 2.24) is 5.32 Å². The average Bonchev–Trinajstić information content (AvgIpc) is 2.22. The lowest BCUT2D eigenvalue weighted by atomic mass is 9.78. The Morgan fingerprint density at radius 1 is 1.16 bits per heavy atom. The minimum absolute atomic E-state index is 0.0820. The Kier molecular flexibility index (Phi) is 5.30. The Labute approximate surface area is 117 Å². The SMILES string of the molecule is CC(=O)CCNCC(C)(C)c1c(C)cc(C)cc1C. The summed E-state index contributed by atoms with van der Waals surface area (Å²) in [5.41, 5.74) is 5.54. The molecule has 0 unspecified atom stereocenters. The van der Waals surface area contributed by atoms with E-state index in [0.29, 0.717) is 6.42 Å². The highest BCUT2D eigenvalue weighted by Crippen LogP contribution is 2.29. The summed E-state index contributed by atoms with van der Waals surface area (Å²) < 4.78 is 0. The minimum Gasteiger partial charge on any atom is -0.315 e.